The molecular weight excluding hydrogens is 206 g/mol. The van der Waals surface area contributed by atoms with Gasteiger partial charge in [0.1, 0.15) is 0 Å². The molecule has 2 aromatic rings. The summed E-state index contributed by atoms with van der Waals surface area (Å²) < 4.78 is 6.92. The first-order chi connectivity index (χ1) is 7.41. The summed E-state index contributed by atoms with van der Waals surface area (Å²) in [4.78, 5) is 11.0. The summed E-state index contributed by atoms with van der Waals surface area (Å²) in [5.41, 5.74) is 0.938. The highest BCUT2D eigenvalue weighted by Gasteiger charge is 2.33. The zero-order valence-electron chi connectivity index (χ0n) is 9.48. The number of rotatable bonds is 1. The van der Waals surface area contributed by atoms with Crippen molar-refractivity contribution < 1.29 is 18.9 Å². The van der Waals surface area contributed by atoms with Crippen molar-refractivity contribution in [2.75, 3.05) is 0 Å². The van der Waals surface area contributed by atoms with E-state index >= 15 is 0 Å². The van der Waals surface area contributed by atoms with Crippen molar-refractivity contribution in [1.29, 1.82) is 0 Å². The summed E-state index contributed by atoms with van der Waals surface area (Å²) in [6, 6.07) is 7.22. The molecule has 4 nitrogen and oxygen atoms in total. The van der Waals surface area contributed by atoms with Crippen LogP contribution in [-0.2, 0) is 5.54 Å². The topological polar surface area (TPSA) is 57.1 Å². The van der Waals surface area contributed by atoms with Gasteiger partial charge in [0.2, 0.25) is 5.58 Å². The van der Waals surface area contributed by atoms with Crippen molar-refractivity contribution >= 4 is 17.1 Å². The van der Waals surface area contributed by atoms with E-state index in [4.69, 9.17) is 4.42 Å². The maximum Gasteiger partial charge on any atom is 0.398 e. The number of carbonyl (C=O) groups excluding carboxylic acids is 1. The molecule has 0 bridgehead atoms. The standard InChI is InChI=1S/C12H13NO3/c1-12(2,3)13-8-6-4-5-7-9(8)16-10(13)11(14)15/h4-7H,1-3H3. The van der Waals surface area contributed by atoms with Gasteiger partial charge in [0.05, 0.1) is 0 Å². The number of para-hydroxylation sites is 2. The molecule has 16 heavy (non-hydrogen) atoms. The van der Waals surface area contributed by atoms with E-state index in [9.17, 15) is 9.90 Å². The molecule has 0 saturated heterocycles. The van der Waals surface area contributed by atoms with Gasteiger partial charge < -0.3 is 14.3 Å². The van der Waals surface area contributed by atoms with Crippen LogP contribution in [0.2, 0.25) is 0 Å². The fourth-order valence-corrected chi connectivity index (χ4v) is 1.79. The molecule has 1 aromatic heterocycles. The van der Waals surface area contributed by atoms with E-state index in [-0.39, 0.29) is 11.4 Å². The van der Waals surface area contributed by atoms with E-state index in [0.29, 0.717) is 5.58 Å². The number of carbonyl (C=O) groups is 1. The summed E-state index contributed by atoms with van der Waals surface area (Å²) >= 11 is 0. The monoisotopic (exact) mass is 219 g/mol. The zero-order valence-corrected chi connectivity index (χ0v) is 9.48. The van der Waals surface area contributed by atoms with Gasteiger partial charge in [0, 0.05) is 26.8 Å². The van der Waals surface area contributed by atoms with Gasteiger partial charge in [-0.05, 0) is 6.07 Å². The van der Waals surface area contributed by atoms with E-state index in [0.717, 1.165) is 5.52 Å². The molecule has 1 heterocycles. The number of hydrogen-bond donors (Lipinski definition) is 0. The van der Waals surface area contributed by atoms with Gasteiger partial charge in [0.25, 0.3) is 5.52 Å². The lowest BCUT2D eigenvalue weighted by Gasteiger charge is -2.12. The highest BCUT2D eigenvalue weighted by atomic mass is 16.4. The van der Waals surface area contributed by atoms with E-state index in [1.807, 2.05) is 32.9 Å². The average Bonchev–Trinajstić information content (AvgIpc) is 2.55. The van der Waals surface area contributed by atoms with Crippen molar-refractivity contribution in [3.8, 4) is 0 Å². The lowest BCUT2D eigenvalue weighted by molar-refractivity contribution is -0.738. The highest BCUT2D eigenvalue weighted by Crippen LogP contribution is 2.18. The Balaban J connectivity index is 2.85. The number of fused-ring (bicyclic) bond motifs is 1. The fraction of sp³-hybridized carbons (Fsp3) is 0.333. The SMILES string of the molecule is CC(C)(C)[n+]1c(C(=O)[O-])oc2ccccc21. The quantitative estimate of drug-likeness (QED) is 0.668. The van der Waals surface area contributed by atoms with Gasteiger partial charge in [-0.2, -0.15) is 4.57 Å². The van der Waals surface area contributed by atoms with Crippen LogP contribution in [0.1, 0.15) is 31.5 Å². The minimum Gasteiger partial charge on any atom is -0.537 e. The van der Waals surface area contributed by atoms with E-state index < -0.39 is 5.97 Å². The Morgan fingerprint density at radius 2 is 1.94 bits per heavy atom. The third-order valence-corrected chi connectivity index (χ3v) is 2.36. The average molecular weight is 219 g/mol. The number of nitrogens with zero attached hydrogens (tertiary/aromatic N) is 1. The van der Waals surface area contributed by atoms with Gasteiger partial charge >= 0.3 is 5.89 Å². The first kappa shape index (κ1) is 10.7. The van der Waals surface area contributed by atoms with Crippen LogP contribution in [0.4, 0.5) is 0 Å². The molecule has 0 saturated carbocycles. The second-order valence-electron chi connectivity index (χ2n) is 4.67. The Bertz CT molecular complexity index is 549. The van der Waals surface area contributed by atoms with Crippen molar-refractivity contribution in [3.63, 3.8) is 0 Å². The van der Waals surface area contributed by atoms with E-state index in [1.165, 1.54) is 0 Å². The second-order valence-corrected chi connectivity index (χ2v) is 4.67. The second kappa shape index (κ2) is 3.33. The normalized spacial score (nSPS) is 11.9. The minimum atomic E-state index is -1.30. The molecule has 0 unspecified atom stereocenters. The Morgan fingerprint density at radius 1 is 1.31 bits per heavy atom. The largest absolute Gasteiger partial charge is 0.537 e. The molecule has 0 N–H and O–H groups in total. The van der Waals surface area contributed by atoms with Gasteiger partial charge in [-0.25, -0.2) is 0 Å². The van der Waals surface area contributed by atoms with Crippen LogP contribution in [0.5, 0.6) is 0 Å². The summed E-state index contributed by atoms with van der Waals surface area (Å²) in [6.07, 6.45) is 0. The van der Waals surface area contributed by atoms with Crippen molar-refractivity contribution in [3.05, 3.63) is 30.2 Å². The van der Waals surface area contributed by atoms with Crippen LogP contribution < -0.4 is 9.67 Å². The molecule has 0 aliphatic carbocycles. The zero-order chi connectivity index (χ0) is 11.9. The van der Waals surface area contributed by atoms with E-state index in [2.05, 4.69) is 0 Å². The third-order valence-electron chi connectivity index (χ3n) is 2.36. The maximum atomic E-state index is 11.0. The number of carboxylic acid groups (broad SMARTS) is 1. The molecule has 2 rings (SSSR count). The number of benzene rings is 1. The van der Waals surface area contributed by atoms with Gasteiger partial charge in [-0.15, -0.1) is 0 Å². The fourth-order valence-electron chi connectivity index (χ4n) is 1.79. The number of carboxylic acids is 1. The number of aromatic carboxylic acids is 1. The van der Waals surface area contributed by atoms with Crippen molar-refractivity contribution in [1.82, 2.24) is 0 Å². The molecule has 1 aromatic carbocycles. The van der Waals surface area contributed by atoms with Crippen molar-refractivity contribution in [2.24, 2.45) is 0 Å². The highest BCUT2D eigenvalue weighted by molar-refractivity contribution is 5.81. The summed E-state index contributed by atoms with van der Waals surface area (Å²) in [7, 11) is 0. The number of oxazole rings is 1. The minimum absolute atomic E-state index is 0.145. The summed E-state index contributed by atoms with van der Waals surface area (Å²) in [6.45, 7) is 5.75. The van der Waals surface area contributed by atoms with Crippen LogP contribution in [0.15, 0.2) is 28.7 Å². The molecular formula is C12H13NO3. The Morgan fingerprint density at radius 3 is 2.50 bits per heavy atom. The molecule has 0 aliphatic rings. The van der Waals surface area contributed by atoms with Gasteiger partial charge in [0.15, 0.2) is 11.5 Å². The summed E-state index contributed by atoms with van der Waals surface area (Å²) in [5.74, 6) is -1.44. The van der Waals surface area contributed by atoms with Crippen LogP contribution in [0, 0.1) is 0 Å². The molecule has 0 radical (unpaired) electrons. The molecule has 0 amide bonds. The molecule has 0 spiro atoms. The lowest BCUT2D eigenvalue weighted by Crippen LogP contribution is -2.54. The van der Waals surface area contributed by atoms with E-state index in [1.54, 1.807) is 16.7 Å². The molecule has 0 atom stereocenters. The molecule has 4 heteroatoms. The molecule has 0 fully saturated rings. The number of hydrogen-bond acceptors (Lipinski definition) is 3. The first-order valence-corrected chi connectivity index (χ1v) is 5.06. The molecule has 84 valence electrons. The Labute approximate surface area is 93.1 Å². The Kier molecular flexibility index (Phi) is 2.22. The predicted octanol–water partition coefficient (Wildman–Crippen LogP) is 0.839. The summed E-state index contributed by atoms with van der Waals surface area (Å²) in [5, 5.41) is 11.0. The molecule has 0 aliphatic heterocycles. The first-order valence-electron chi connectivity index (χ1n) is 5.06. The van der Waals surface area contributed by atoms with Crippen LogP contribution in [0.25, 0.3) is 11.1 Å². The van der Waals surface area contributed by atoms with Crippen LogP contribution in [0.3, 0.4) is 0 Å². The van der Waals surface area contributed by atoms with Crippen LogP contribution in [-0.4, -0.2) is 5.97 Å². The van der Waals surface area contributed by atoms with Crippen LogP contribution >= 0.6 is 0 Å². The lowest BCUT2D eigenvalue weighted by atomic mass is 10.1. The predicted molar refractivity (Wildman–Crippen MR) is 55.7 cm³/mol. The maximum absolute atomic E-state index is 11.0. The van der Waals surface area contributed by atoms with Gasteiger partial charge in [-0.1, -0.05) is 12.1 Å². The third kappa shape index (κ3) is 1.56. The smallest absolute Gasteiger partial charge is 0.398 e. The van der Waals surface area contributed by atoms with Crippen molar-refractivity contribution in [2.45, 2.75) is 26.3 Å². The Hall–Kier alpha value is -1.84. The van der Waals surface area contributed by atoms with Gasteiger partial charge in [-0.3, -0.25) is 0 Å². The number of aromatic nitrogens is 1.